The van der Waals surface area contributed by atoms with Gasteiger partial charge in [0.1, 0.15) is 0 Å². The Kier molecular flexibility index (Phi) is 9.38. The zero-order chi connectivity index (χ0) is 27.1. The zero-order valence-corrected chi connectivity index (χ0v) is 23.0. The van der Waals surface area contributed by atoms with Gasteiger partial charge in [-0.25, -0.2) is 4.98 Å². The Morgan fingerprint density at radius 2 is 1.79 bits per heavy atom. The molecule has 1 N–H and O–H groups in total. The van der Waals surface area contributed by atoms with Crippen LogP contribution in [0.4, 0.5) is 0 Å². The van der Waals surface area contributed by atoms with Crippen LogP contribution < -0.4 is 0 Å². The molecule has 0 aliphatic carbocycles. The predicted molar refractivity (Wildman–Crippen MR) is 159 cm³/mol. The van der Waals surface area contributed by atoms with Gasteiger partial charge in [0.25, 0.3) is 0 Å². The maximum Gasteiger partial charge on any atom is 0.307 e. The first-order chi connectivity index (χ1) is 18.3. The number of ketones is 1. The number of hydrogen-bond donors (Lipinski definition) is 1. The van der Waals surface area contributed by atoms with Gasteiger partial charge in [0.05, 0.1) is 17.1 Å². The molecular formula is C32H30ClNO3S. The van der Waals surface area contributed by atoms with Crippen molar-refractivity contribution in [2.75, 3.05) is 5.75 Å². The van der Waals surface area contributed by atoms with Crippen molar-refractivity contribution >= 4 is 58.2 Å². The number of fused-ring (bicyclic) bond motifs is 1. The van der Waals surface area contributed by atoms with E-state index in [1.165, 1.54) is 0 Å². The van der Waals surface area contributed by atoms with E-state index in [2.05, 4.69) is 12.1 Å². The Balaban J connectivity index is 1.56. The number of aromatic nitrogens is 1. The molecule has 0 fully saturated rings. The number of rotatable bonds is 11. The van der Waals surface area contributed by atoms with E-state index in [1.807, 2.05) is 78.9 Å². The van der Waals surface area contributed by atoms with E-state index in [-0.39, 0.29) is 11.0 Å². The normalized spacial score (nSPS) is 13.0. The summed E-state index contributed by atoms with van der Waals surface area (Å²) in [5.41, 5.74) is 5.63. The second-order valence-electron chi connectivity index (χ2n) is 9.39. The molecule has 0 saturated heterocycles. The minimum absolute atomic E-state index is 0.0565. The van der Waals surface area contributed by atoms with Gasteiger partial charge in [0.2, 0.25) is 0 Å². The first-order valence-corrected chi connectivity index (χ1v) is 14.0. The number of benzene rings is 3. The molecule has 4 rings (SSSR count). The van der Waals surface area contributed by atoms with Crippen molar-refractivity contribution < 1.29 is 14.7 Å². The van der Waals surface area contributed by atoms with E-state index in [0.717, 1.165) is 51.7 Å². The number of carbonyl (C=O) groups is 2. The topological polar surface area (TPSA) is 67.3 Å². The molecule has 1 aromatic heterocycles. The van der Waals surface area contributed by atoms with Gasteiger partial charge in [-0.2, -0.15) is 11.8 Å². The van der Waals surface area contributed by atoms with Crippen molar-refractivity contribution in [2.45, 2.75) is 31.9 Å². The molecule has 1 unspecified atom stereocenters. The number of nitrogens with zero attached hydrogens (tertiary/aromatic N) is 1. The molecular weight excluding hydrogens is 514 g/mol. The summed E-state index contributed by atoms with van der Waals surface area (Å²) in [4.78, 5) is 28.3. The van der Waals surface area contributed by atoms with Crippen LogP contribution in [0.25, 0.3) is 23.1 Å². The third-order valence-corrected chi connectivity index (χ3v) is 8.28. The summed E-state index contributed by atoms with van der Waals surface area (Å²) in [6.45, 7) is 3.33. The Labute approximate surface area is 232 Å². The summed E-state index contributed by atoms with van der Waals surface area (Å²) >= 11 is 7.79. The lowest BCUT2D eigenvalue weighted by atomic mass is 9.97. The van der Waals surface area contributed by atoms with Gasteiger partial charge >= 0.3 is 5.97 Å². The monoisotopic (exact) mass is 543 g/mol. The Morgan fingerprint density at radius 1 is 1.00 bits per heavy atom. The average Bonchev–Trinajstić information content (AvgIpc) is 2.91. The molecule has 0 radical (unpaired) electrons. The summed E-state index contributed by atoms with van der Waals surface area (Å²) in [6.07, 6.45) is 5.55. The van der Waals surface area contributed by atoms with E-state index in [1.54, 1.807) is 25.6 Å². The fourth-order valence-electron chi connectivity index (χ4n) is 4.29. The zero-order valence-electron chi connectivity index (χ0n) is 21.4. The van der Waals surface area contributed by atoms with E-state index in [4.69, 9.17) is 16.6 Å². The molecule has 0 aliphatic rings. The molecule has 0 saturated carbocycles. The van der Waals surface area contributed by atoms with Crippen LogP contribution in [0.3, 0.4) is 0 Å². The fourth-order valence-corrected chi connectivity index (χ4v) is 5.74. The smallest absolute Gasteiger partial charge is 0.307 e. The number of Topliss-reactive ketones (excluding diaryl/α,β-unsaturated/α-hetero) is 1. The van der Waals surface area contributed by atoms with E-state index in [0.29, 0.717) is 10.8 Å². The number of carbonyl (C=O) groups excluding carboxylic acids is 1. The highest BCUT2D eigenvalue weighted by Crippen LogP contribution is 2.35. The SMILES string of the molecule is CC(=O)c1ccccc1CCC(SC[C@@H](C)C(=O)O)c1cccc(C=Cc2ccc3ccc(Cl)cc3n2)c1. The largest absolute Gasteiger partial charge is 0.481 e. The minimum Gasteiger partial charge on any atom is -0.481 e. The Morgan fingerprint density at radius 3 is 2.58 bits per heavy atom. The molecule has 0 bridgehead atoms. The summed E-state index contributed by atoms with van der Waals surface area (Å²) in [5.74, 6) is -0.666. The van der Waals surface area contributed by atoms with Crippen molar-refractivity contribution in [1.29, 1.82) is 0 Å². The highest BCUT2D eigenvalue weighted by Gasteiger charge is 2.18. The van der Waals surface area contributed by atoms with E-state index in [9.17, 15) is 14.7 Å². The van der Waals surface area contributed by atoms with Crippen LogP contribution >= 0.6 is 23.4 Å². The summed E-state index contributed by atoms with van der Waals surface area (Å²) in [7, 11) is 0. The molecule has 4 nitrogen and oxygen atoms in total. The molecule has 194 valence electrons. The van der Waals surface area contributed by atoms with Gasteiger partial charge in [0, 0.05) is 27.0 Å². The maximum absolute atomic E-state index is 12.1. The number of halogens is 1. The lowest BCUT2D eigenvalue weighted by Crippen LogP contribution is -2.13. The predicted octanol–water partition coefficient (Wildman–Crippen LogP) is 8.39. The van der Waals surface area contributed by atoms with Gasteiger partial charge < -0.3 is 5.11 Å². The standard InChI is InChI=1S/C32H30ClNO3S/c1-21(32(36)37)20-38-31(17-13-24-7-3-4-9-29(24)22(2)35)26-8-5-6-23(18-26)10-15-28-16-12-25-11-14-27(33)19-30(25)34-28/h3-12,14-16,18-19,21,31H,13,17,20H2,1-2H3,(H,36,37)/t21-,31?/m1/s1. The average molecular weight is 544 g/mol. The summed E-state index contributed by atoms with van der Waals surface area (Å²) < 4.78 is 0. The second kappa shape index (κ2) is 12.9. The van der Waals surface area contributed by atoms with Crippen LogP contribution in [0.2, 0.25) is 5.02 Å². The van der Waals surface area contributed by atoms with Crippen LogP contribution in [-0.2, 0) is 11.2 Å². The van der Waals surface area contributed by atoms with Crippen LogP contribution in [0.5, 0.6) is 0 Å². The highest BCUT2D eigenvalue weighted by atomic mass is 35.5. The molecule has 0 spiro atoms. The molecule has 1 heterocycles. The number of carboxylic acids is 1. The lowest BCUT2D eigenvalue weighted by Gasteiger charge is -2.19. The third kappa shape index (κ3) is 7.33. The highest BCUT2D eigenvalue weighted by molar-refractivity contribution is 7.99. The number of thioether (sulfide) groups is 1. The molecule has 3 aromatic carbocycles. The Bertz CT molecular complexity index is 1480. The Hall–Kier alpha value is -3.41. The van der Waals surface area contributed by atoms with Crippen molar-refractivity contribution in [1.82, 2.24) is 4.98 Å². The molecule has 0 aliphatic heterocycles. The van der Waals surface area contributed by atoms with Crippen molar-refractivity contribution in [2.24, 2.45) is 5.92 Å². The number of aliphatic carboxylic acids is 1. The van der Waals surface area contributed by atoms with Crippen molar-refractivity contribution in [3.05, 3.63) is 112 Å². The summed E-state index contributed by atoms with van der Waals surface area (Å²) in [6, 6.07) is 25.7. The van der Waals surface area contributed by atoms with Gasteiger partial charge in [-0.3, -0.25) is 9.59 Å². The first-order valence-electron chi connectivity index (χ1n) is 12.6. The summed E-state index contributed by atoms with van der Waals surface area (Å²) in [5, 5.41) is 11.2. The number of pyridine rings is 1. The molecule has 0 amide bonds. The number of hydrogen-bond acceptors (Lipinski definition) is 4. The second-order valence-corrected chi connectivity index (χ2v) is 11.1. The molecule has 6 heteroatoms. The third-order valence-electron chi connectivity index (χ3n) is 6.45. The number of carboxylic acid groups (broad SMARTS) is 1. The maximum atomic E-state index is 12.1. The van der Waals surface area contributed by atoms with Gasteiger partial charge in [-0.15, -0.1) is 0 Å². The molecule has 2 atom stereocenters. The van der Waals surface area contributed by atoms with Crippen LogP contribution in [-0.4, -0.2) is 27.6 Å². The number of aryl methyl sites for hydroxylation is 1. The van der Waals surface area contributed by atoms with Gasteiger partial charge in [-0.05, 0) is 60.7 Å². The lowest BCUT2D eigenvalue weighted by molar-refractivity contribution is -0.140. The van der Waals surface area contributed by atoms with Crippen molar-refractivity contribution in [3.63, 3.8) is 0 Å². The van der Waals surface area contributed by atoms with E-state index >= 15 is 0 Å². The minimum atomic E-state index is -0.793. The van der Waals surface area contributed by atoms with Crippen molar-refractivity contribution in [3.8, 4) is 0 Å². The van der Waals surface area contributed by atoms with Gasteiger partial charge in [-0.1, -0.05) is 85.3 Å². The van der Waals surface area contributed by atoms with Crippen LogP contribution in [0.15, 0.2) is 78.9 Å². The first kappa shape index (κ1) is 27.6. The quantitative estimate of drug-likeness (QED) is 0.192. The van der Waals surface area contributed by atoms with E-state index < -0.39 is 11.9 Å². The van der Waals surface area contributed by atoms with Gasteiger partial charge in [0.15, 0.2) is 5.78 Å². The van der Waals surface area contributed by atoms with Crippen LogP contribution in [0, 0.1) is 5.92 Å². The molecule has 38 heavy (non-hydrogen) atoms. The van der Waals surface area contributed by atoms with Crippen LogP contribution in [0.1, 0.15) is 58.3 Å². The molecule has 4 aromatic rings. The fraction of sp³-hybridized carbons (Fsp3) is 0.219.